The van der Waals surface area contributed by atoms with Crippen molar-refractivity contribution in [1.82, 2.24) is 9.55 Å². The second-order valence-electron chi connectivity index (χ2n) is 5.72. The van der Waals surface area contributed by atoms with Crippen molar-refractivity contribution in [1.29, 1.82) is 0 Å². The van der Waals surface area contributed by atoms with E-state index in [0.29, 0.717) is 5.92 Å². The maximum absolute atomic E-state index is 4.23. The summed E-state index contributed by atoms with van der Waals surface area (Å²) in [4.78, 5) is 4.23. The van der Waals surface area contributed by atoms with Crippen LogP contribution in [0.2, 0.25) is 0 Å². The van der Waals surface area contributed by atoms with Gasteiger partial charge in [-0.25, -0.2) is 0 Å². The zero-order valence-electron chi connectivity index (χ0n) is 12.3. The van der Waals surface area contributed by atoms with Crippen molar-refractivity contribution in [3.8, 4) is 0 Å². The fourth-order valence-corrected chi connectivity index (χ4v) is 2.57. The predicted molar refractivity (Wildman–Crippen MR) is 84.1 cm³/mol. The number of fused-ring (bicyclic) bond motifs is 1. The average Bonchev–Trinajstić information content (AvgIpc) is 2.84. The number of aryl methyl sites for hydroxylation is 1. The van der Waals surface area contributed by atoms with Crippen molar-refractivity contribution in [3.63, 3.8) is 0 Å². The number of hydrogen-bond acceptors (Lipinski definition) is 1. The third-order valence-electron chi connectivity index (χ3n) is 3.96. The normalized spacial score (nSPS) is 11.4. The van der Waals surface area contributed by atoms with Gasteiger partial charge in [0.05, 0.1) is 11.7 Å². The summed E-state index contributed by atoms with van der Waals surface area (Å²) in [6.07, 6.45) is 5.93. The number of aromatic nitrogens is 2. The number of rotatable bonds is 3. The first-order valence-corrected chi connectivity index (χ1v) is 7.13. The molecule has 3 rings (SSSR count). The van der Waals surface area contributed by atoms with Crippen molar-refractivity contribution >= 4 is 10.9 Å². The van der Waals surface area contributed by atoms with E-state index in [0.717, 1.165) is 6.54 Å². The van der Waals surface area contributed by atoms with Crippen molar-refractivity contribution in [2.45, 2.75) is 33.2 Å². The molecule has 1 aromatic carbocycles. The van der Waals surface area contributed by atoms with Gasteiger partial charge < -0.3 is 4.57 Å². The first-order chi connectivity index (χ1) is 9.65. The van der Waals surface area contributed by atoms with Crippen LogP contribution in [0.15, 0.2) is 48.9 Å². The van der Waals surface area contributed by atoms with Gasteiger partial charge in [-0.1, -0.05) is 32.0 Å². The molecule has 0 fully saturated rings. The van der Waals surface area contributed by atoms with E-state index < -0.39 is 0 Å². The van der Waals surface area contributed by atoms with Gasteiger partial charge >= 0.3 is 0 Å². The molecule has 0 aliphatic rings. The third kappa shape index (κ3) is 2.34. The van der Waals surface area contributed by atoms with Crippen LogP contribution in [0.4, 0.5) is 0 Å². The Morgan fingerprint density at radius 1 is 1.15 bits per heavy atom. The highest BCUT2D eigenvalue weighted by atomic mass is 15.0. The minimum Gasteiger partial charge on any atom is -0.342 e. The fraction of sp³-hybridized carbons (Fsp3) is 0.278. The van der Waals surface area contributed by atoms with E-state index in [1.165, 1.54) is 27.6 Å². The van der Waals surface area contributed by atoms with Crippen LogP contribution in [-0.4, -0.2) is 9.55 Å². The first kappa shape index (κ1) is 12.9. The van der Waals surface area contributed by atoms with Gasteiger partial charge in [0, 0.05) is 24.3 Å². The Morgan fingerprint density at radius 2 is 2.00 bits per heavy atom. The van der Waals surface area contributed by atoms with Gasteiger partial charge in [-0.2, -0.15) is 0 Å². The van der Waals surface area contributed by atoms with Gasteiger partial charge in [0.15, 0.2) is 0 Å². The molecule has 0 bridgehead atoms. The van der Waals surface area contributed by atoms with Crippen LogP contribution in [0.3, 0.4) is 0 Å². The Hall–Kier alpha value is -2.09. The summed E-state index contributed by atoms with van der Waals surface area (Å²) >= 11 is 0. The molecule has 0 spiro atoms. The van der Waals surface area contributed by atoms with E-state index in [2.05, 4.69) is 66.9 Å². The van der Waals surface area contributed by atoms with Gasteiger partial charge in [-0.15, -0.1) is 0 Å². The zero-order chi connectivity index (χ0) is 14.1. The van der Waals surface area contributed by atoms with Gasteiger partial charge in [0.1, 0.15) is 0 Å². The predicted octanol–water partition coefficient (Wildman–Crippen LogP) is 4.52. The number of hydrogen-bond donors (Lipinski definition) is 0. The molecule has 20 heavy (non-hydrogen) atoms. The van der Waals surface area contributed by atoms with Gasteiger partial charge in [-0.3, -0.25) is 4.98 Å². The highest BCUT2D eigenvalue weighted by Crippen LogP contribution is 2.21. The van der Waals surface area contributed by atoms with Gasteiger partial charge in [0.25, 0.3) is 0 Å². The Kier molecular flexibility index (Phi) is 3.31. The molecule has 2 nitrogen and oxygen atoms in total. The van der Waals surface area contributed by atoms with Crippen molar-refractivity contribution in [3.05, 3.63) is 65.6 Å². The van der Waals surface area contributed by atoms with Crippen LogP contribution in [0, 0.1) is 6.92 Å². The van der Waals surface area contributed by atoms with E-state index >= 15 is 0 Å². The van der Waals surface area contributed by atoms with Crippen LogP contribution in [0.5, 0.6) is 0 Å². The highest BCUT2D eigenvalue weighted by molar-refractivity contribution is 5.78. The van der Waals surface area contributed by atoms with E-state index in [1.54, 1.807) is 0 Å². The van der Waals surface area contributed by atoms with Crippen LogP contribution in [0.1, 0.15) is 36.5 Å². The van der Waals surface area contributed by atoms with E-state index in [9.17, 15) is 0 Å². The van der Waals surface area contributed by atoms with Crippen molar-refractivity contribution < 1.29 is 0 Å². The summed E-state index contributed by atoms with van der Waals surface area (Å²) in [7, 11) is 0. The zero-order valence-corrected chi connectivity index (χ0v) is 12.3. The summed E-state index contributed by atoms with van der Waals surface area (Å²) in [6.45, 7) is 7.57. The molecule has 0 saturated heterocycles. The summed E-state index contributed by atoms with van der Waals surface area (Å²) in [6, 6.07) is 11.0. The molecule has 3 aromatic rings. The largest absolute Gasteiger partial charge is 0.342 e. The summed E-state index contributed by atoms with van der Waals surface area (Å²) in [5.74, 6) is 0.567. The summed E-state index contributed by atoms with van der Waals surface area (Å²) in [5.41, 5.74) is 5.33. The monoisotopic (exact) mass is 264 g/mol. The van der Waals surface area contributed by atoms with E-state index in [-0.39, 0.29) is 0 Å². The molecule has 0 aliphatic heterocycles. The van der Waals surface area contributed by atoms with Gasteiger partial charge in [0.2, 0.25) is 0 Å². The molecule has 0 atom stereocenters. The lowest BCUT2D eigenvalue weighted by Crippen LogP contribution is -2.02. The van der Waals surface area contributed by atoms with E-state index in [4.69, 9.17) is 0 Å². The van der Waals surface area contributed by atoms with Gasteiger partial charge in [-0.05, 0) is 41.7 Å². The molecule has 102 valence electrons. The lowest BCUT2D eigenvalue weighted by atomic mass is 9.98. The molecular formula is C18H20N2. The summed E-state index contributed by atoms with van der Waals surface area (Å²) in [5, 5.41) is 1.25. The minimum absolute atomic E-state index is 0.567. The SMILES string of the molecule is Cc1ccc(C(C)C)cc1Cn1ccc2ccncc21. The third-order valence-corrected chi connectivity index (χ3v) is 3.96. The Morgan fingerprint density at radius 3 is 2.80 bits per heavy atom. The second kappa shape index (κ2) is 5.12. The molecule has 0 radical (unpaired) electrons. The average molecular weight is 264 g/mol. The second-order valence-corrected chi connectivity index (χ2v) is 5.72. The van der Waals surface area contributed by atoms with Crippen LogP contribution in [0.25, 0.3) is 10.9 Å². The standard InChI is InChI=1S/C18H20N2/c1-13(2)16-5-4-14(3)17(10-16)12-20-9-7-15-6-8-19-11-18(15)20/h4-11,13H,12H2,1-3H3. The molecule has 0 N–H and O–H groups in total. The molecule has 2 heteroatoms. The lowest BCUT2D eigenvalue weighted by molar-refractivity contribution is 0.813. The smallest absolute Gasteiger partial charge is 0.0669 e. The Labute approximate surface area is 120 Å². The topological polar surface area (TPSA) is 17.8 Å². The van der Waals surface area contributed by atoms with Crippen LogP contribution < -0.4 is 0 Å². The molecule has 2 heterocycles. The highest BCUT2D eigenvalue weighted by Gasteiger charge is 2.06. The van der Waals surface area contributed by atoms with Crippen molar-refractivity contribution in [2.75, 3.05) is 0 Å². The molecule has 0 amide bonds. The first-order valence-electron chi connectivity index (χ1n) is 7.13. The number of benzene rings is 1. The molecular weight excluding hydrogens is 244 g/mol. The molecule has 0 aliphatic carbocycles. The number of pyridine rings is 1. The van der Waals surface area contributed by atoms with Crippen LogP contribution in [-0.2, 0) is 6.54 Å². The van der Waals surface area contributed by atoms with Crippen molar-refractivity contribution in [2.24, 2.45) is 0 Å². The quantitative estimate of drug-likeness (QED) is 0.680. The Balaban J connectivity index is 2.00. The Bertz CT molecular complexity index is 738. The maximum Gasteiger partial charge on any atom is 0.0669 e. The number of nitrogens with zero attached hydrogens (tertiary/aromatic N) is 2. The molecule has 2 aromatic heterocycles. The molecule has 0 saturated carbocycles. The maximum atomic E-state index is 4.23. The van der Waals surface area contributed by atoms with Crippen LogP contribution >= 0.6 is 0 Å². The van der Waals surface area contributed by atoms with E-state index in [1.807, 2.05) is 12.4 Å². The minimum atomic E-state index is 0.567. The fourth-order valence-electron chi connectivity index (χ4n) is 2.57. The summed E-state index contributed by atoms with van der Waals surface area (Å²) < 4.78 is 2.27. The lowest BCUT2D eigenvalue weighted by Gasteiger charge is -2.13. The molecule has 0 unspecified atom stereocenters.